The number of benzene rings is 1. The summed E-state index contributed by atoms with van der Waals surface area (Å²) in [6.07, 6.45) is 2.61. The molecular formula is C15H18F2N2O2S. The van der Waals surface area contributed by atoms with Crippen LogP contribution in [0.15, 0.2) is 18.2 Å². The summed E-state index contributed by atoms with van der Waals surface area (Å²) in [5.41, 5.74) is 1.98. The van der Waals surface area contributed by atoms with E-state index in [4.69, 9.17) is 0 Å². The largest absolute Gasteiger partial charge is 0.435 e. The van der Waals surface area contributed by atoms with Gasteiger partial charge in [0.1, 0.15) is 5.75 Å². The molecule has 3 rings (SSSR count). The Morgan fingerprint density at radius 2 is 2.32 bits per heavy atom. The second-order valence-electron chi connectivity index (χ2n) is 5.46. The first-order chi connectivity index (χ1) is 10.6. The first-order valence-corrected chi connectivity index (χ1v) is 8.48. The smallest absolute Gasteiger partial charge is 0.387 e. The van der Waals surface area contributed by atoms with Crippen LogP contribution in [0, 0.1) is 0 Å². The van der Waals surface area contributed by atoms with E-state index in [0.717, 1.165) is 42.0 Å². The summed E-state index contributed by atoms with van der Waals surface area (Å²) in [5, 5.41) is 6.22. The molecule has 0 saturated carbocycles. The minimum Gasteiger partial charge on any atom is -0.435 e. The van der Waals surface area contributed by atoms with E-state index in [0.29, 0.717) is 0 Å². The van der Waals surface area contributed by atoms with E-state index < -0.39 is 6.61 Å². The number of alkyl halides is 2. The molecule has 0 spiro atoms. The third-order valence-corrected chi connectivity index (χ3v) is 4.94. The zero-order valence-electron chi connectivity index (χ0n) is 12.0. The number of fused-ring (bicyclic) bond motifs is 1. The van der Waals surface area contributed by atoms with Crippen LogP contribution in [0.5, 0.6) is 5.75 Å². The molecule has 7 heteroatoms. The number of aryl methyl sites for hydroxylation is 1. The normalized spacial score (nSPS) is 24.1. The Kier molecular flexibility index (Phi) is 4.83. The molecule has 2 atom stereocenters. The van der Waals surface area contributed by atoms with Crippen molar-refractivity contribution in [2.45, 2.75) is 38.0 Å². The quantitative estimate of drug-likeness (QED) is 0.891. The van der Waals surface area contributed by atoms with Gasteiger partial charge in [-0.1, -0.05) is 6.07 Å². The SMILES string of the molecule is O=C(NC1CCCc2cc(OC(F)F)ccc21)C1CSCN1. The van der Waals surface area contributed by atoms with E-state index in [9.17, 15) is 13.6 Å². The van der Waals surface area contributed by atoms with Crippen LogP contribution in [0.3, 0.4) is 0 Å². The van der Waals surface area contributed by atoms with Crippen molar-refractivity contribution < 1.29 is 18.3 Å². The Morgan fingerprint density at radius 1 is 1.45 bits per heavy atom. The Bertz CT molecular complexity index is 550. The van der Waals surface area contributed by atoms with Crippen LogP contribution < -0.4 is 15.4 Å². The molecule has 2 aliphatic rings. The fourth-order valence-electron chi connectivity index (χ4n) is 2.95. The van der Waals surface area contributed by atoms with Crippen LogP contribution in [0.1, 0.15) is 30.0 Å². The topological polar surface area (TPSA) is 50.4 Å². The van der Waals surface area contributed by atoms with Crippen molar-refractivity contribution in [3.63, 3.8) is 0 Å². The van der Waals surface area contributed by atoms with Crippen molar-refractivity contribution in [3.8, 4) is 5.75 Å². The molecule has 1 fully saturated rings. The van der Waals surface area contributed by atoms with Gasteiger partial charge in [0.25, 0.3) is 0 Å². The van der Waals surface area contributed by atoms with Crippen LogP contribution in [0.25, 0.3) is 0 Å². The average molecular weight is 328 g/mol. The Hall–Kier alpha value is -1.34. The average Bonchev–Trinajstić information content (AvgIpc) is 3.01. The molecule has 1 saturated heterocycles. The van der Waals surface area contributed by atoms with Crippen molar-refractivity contribution in [1.82, 2.24) is 10.6 Å². The van der Waals surface area contributed by atoms with E-state index in [1.54, 1.807) is 30.0 Å². The molecule has 1 aromatic carbocycles. The lowest BCUT2D eigenvalue weighted by Crippen LogP contribution is -2.44. The molecule has 1 aliphatic heterocycles. The zero-order chi connectivity index (χ0) is 15.5. The molecule has 4 nitrogen and oxygen atoms in total. The highest BCUT2D eigenvalue weighted by atomic mass is 32.2. The lowest BCUT2D eigenvalue weighted by atomic mass is 9.87. The van der Waals surface area contributed by atoms with Crippen molar-refractivity contribution >= 4 is 17.7 Å². The number of halogens is 2. The maximum absolute atomic E-state index is 12.3. The lowest BCUT2D eigenvalue weighted by molar-refractivity contribution is -0.123. The van der Waals surface area contributed by atoms with Gasteiger partial charge in [0.15, 0.2) is 0 Å². The molecule has 1 heterocycles. The highest BCUT2D eigenvalue weighted by Gasteiger charge is 2.27. The van der Waals surface area contributed by atoms with Gasteiger partial charge >= 0.3 is 6.61 Å². The molecule has 0 aromatic heterocycles. The monoisotopic (exact) mass is 328 g/mol. The van der Waals surface area contributed by atoms with Gasteiger partial charge in [0.2, 0.25) is 5.91 Å². The molecule has 2 unspecified atom stereocenters. The molecule has 120 valence electrons. The van der Waals surface area contributed by atoms with E-state index in [2.05, 4.69) is 15.4 Å². The predicted molar refractivity (Wildman–Crippen MR) is 81.1 cm³/mol. The van der Waals surface area contributed by atoms with Crippen LogP contribution in [0.4, 0.5) is 8.78 Å². The van der Waals surface area contributed by atoms with Crippen LogP contribution in [-0.4, -0.2) is 30.2 Å². The van der Waals surface area contributed by atoms with Crippen molar-refractivity contribution in [2.24, 2.45) is 0 Å². The van der Waals surface area contributed by atoms with Gasteiger partial charge in [-0.25, -0.2) is 0 Å². The van der Waals surface area contributed by atoms with Gasteiger partial charge in [-0.3, -0.25) is 10.1 Å². The number of carbonyl (C=O) groups is 1. The molecule has 1 aromatic rings. The molecule has 0 radical (unpaired) electrons. The van der Waals surface area contributed by atoms with Crippen molar-refractivity contribution in [1.29, 1.82) is 0 Å². The Morgan fingerprint density at radius 3 is 3.05 bits per heavy atom. The number of hydrogen-bond donors (Lipinski definition) is 2. The standard InChI is InChI=1S/C15H18F2N2O2S/c16-15(17)21-10-4-5-11-9(6-10)2-1-3-12(11)19-14(20)13-7-22-8-18-13/h4-6,12-13,15,18H,1-3,7-8H2,(H,19,20). The van der Waals surface area contributed by atoms with E-state index in [1.165, 1.54) is 0 Å². The zero-order valence-corrected chi connectivity index (χ0v) is 12.8. The molecule has 1 aliphatic carbocycles. The lowest BCUT2D eigenvalue weighted by Gasteiger charge is -2.27. The third kappa shape index (κ3) is 3.52. The number of nitrogens with one attached hydrogen (secondary N) is 2. The summed E-state index contributed by atoms with van der Waals surface area (Å²) in [4.78, 5) is 12.2. The van der Waals surface area contributed by atoms with Crippen molar-refractivity contribution in [2.75, 3.05) is 11.6 Å². The number of ether oxygens (including phenoxy) is 1. The molecule has 2 N–H and O–H groups in total. The summed E-state index contributed by atoms with van der Waals surface area (Å²) >= 11 is 1.71. The number of thioether (sulfide) groups is 1. The summed E-state index contributed by atoms with van der Waals surface area (Å²) in [7, 11) is 0. The second-order valence-corrected chi connectivity index (χ2v) is 6.49. The van der Waals surface area contributed by atoms with Gasteiger partial charge in [-0.2, -0.15) is 8.78 Å². The Balaban J connectivity index is 1.72. The highest BCUT2D eigenvalue weighted by Crippen LogP contribution is 2.32. The highest BCUT2D eigenvalue weighted by molar-refractivity contribution is 7.99. The summed E-state index contributed by atoms with van der Waals surface area (Å²) < 4.78 is 29.0. The fourth-order valence-corrected chi connectivity index (χ4v) is 3.89. The van der Waals surface area contributed by atoms with Gasteiger partial charge in [-0.15, -0.1) is 11.8 Å². The molecule has 22 heavy (non-hydrogen) atoms. The maximum atomic E-state index is 12.3. The van der Waals surface area contributed by atoms with Gasteiger partial charge in [0.05, 0.1) is 12.1 Å². The molecule has 1 amide bonds. The summed E-state index contributed by atoms with van der Waals surface area (Å²) in [5.74, 6) is 1.77. The summed E-state index contributed by atoms with van der Waals surface area (Å²) in [6, 6.07) is 4.79. The first kappa shape index (κ1) is 15.6. The number of amides is 1. The minimum absolute atomic E-state index is 0.00996. The molecule has 0 bridgehead atoms. The molecular weight excluding hydrogens is 310 g/mol. The first-order valence-electron chi connectivity index (χ1n) is 7.32. The number of hydrogen-bond acceptors (Lipinski definition) is 4. The Labute approximate surface area is 132 Å². The van der Waals surface area contributed by atoms with Gasteiger partial charge in [-0.05, 0) is 42.5 Å². The van der Waals surface area contributed by atoms with Crippen molar-refractivity contribution in [3.05, 3.63) is 29.3 Å². The van der Waals surface area contributed by atoms with E-state index in [1.807, 2.05) is 0 Å². The van der Waals surface area contributed by atoms with Gasteiger partial charge < -0.3 is 10.1 Å². The summed E-state index contributed by atoms with van der Waals surface area (Å²) in [6.45, 7) is -2.82. The fraction of sp³-hybridized carbons (Fsp3) is 0.533. The van der Waals surface area contributed by atoms with E-state index in [-0.39, 0.29) is 23.7 Å². The second kappa shape index (κ2) is 6.83. The van der Waals surface area contributed by atoms with Crippen LogP contribution in [0.2, 0.25) is 0 Å². The van der Waals surface area contributed by atoms with E-state index >= 15 is 0 Å². The number of rotatable bonds is 4. The maximum Gasteiger partial charge on any atom is 0.387 e. The third-order valence-electron chi connectivity index (χ3n) is 4.00. The van der Waals surface area contributed by atoms with Gasteiger partial charge in [0, 0.05) is 11.6 Å². The minimum atomic E-state index is -2.82. The number of carbonyl (C=O) groups excluding carboxylic acids is 1. The van der Waals surface area contributed by atoms with Crippen LogP contribution >= 0.6 is 11.8 Å². The predicted octanol–water partition coefficient (Wildman–Crippen LogP) is 2.44. The van der Waals surface area contributed by atoms with Crippen LogP contribution in [-0.2, 0) is 11.2 Å².